The average Bonchev–Trinajstić information content (AvgIpc) is 2.83. The molecule has 2 fully saturated rings. The first-order valence-corrected chi connectivity index (χ1v) is 8.11. The van der Waals surface area contributed by atoms with Crippen molar-refractivity contribution >= 4 is 15.9 Å². The van der Waals surface area contributed by atoms with Crippen molar-refractivity contribution < 1.29 is 13.2 Å². The Morgan fingerprint density at radius 1 is 1.24 bits per heavy atom. The first kappa shape index (κ1) is 12.8. The summed E-state index contributed by atoms with van der Waals surface area (Å²) in [7, 11) is -3.16. The summed E-state index contributed by atoms with van der Waals surface area (Å²) in [5.41, 5.74) is 0. The third-order valence-electron chi connectivity index (χ3n) is 3.59. The van der Waals surface area contributed by atoms with Crippen molar-refractivity contribution in [1.29, 1.82) is 0 Å². The van der Waals surface area contributed by atoms with E-state index < -0.39 is 10.0 Å². The summed E-state index contributed by atoms with van der Waals surface area (Å²) in [6, 6.07) is -0.102. The van der Waals surface area contributed by atoms with Crippen LogP contribution < -0.4 is 4.72 Å². The Morgan fingerprint density at radius 3 is 2.47 bits per heavy atom. The van der Waals surface area contributed by atoms with Gasteiger partial charge in [-0.2, -0.15) is 0 Å². The quantitative estimate of drug-likeness (QED) is 0.795. The van der Waals surface area contributed by atoms with Gasteiger partial charge in [0.1, 0.15) is 0 Å². The second-order valence-corrected chi connectivity index (χ2v) is 6.92. The van der Waals surface area contributed by atoms with Gasteiger partial charge in [0.05, 0.1) is 6.26 Å². The highest BCUT2D eigenvalue weighted by molar-refractivity contribution is 7.88. The van der Waals surface area contributed by atoms with Crippen LogP contribution in [0.25, 0.3) is 0 Å². The Morgan fingerprint density at radius 2 is 1.88 bits per heavy atom. The second kappa shape index (κ2) is 4.94. The lowest BCUT2D eigenvalue weighted by molar-refractivity contribution is -0.134. The number of amides is 1. The number of rotatable bonds is 3. The van der Waals surface area contributed by atoms with Crippen molar-refractivity contribution in [2.24, 2.45) is 5.92 Å². The molecule has 5 nitrogen and oxygen atoms in total. The number of nitrogens with zero attached hydrogens (tertiary/aromatic N) is 1. The fourth-order valence-electron chi connectivity index (χ4n) is 2.79. The number of likely N-dealkylation sites (tertiary alicyclic amines) is 1. The van der Waals surface area contributed by atoms with Crippen LogP contribution in [-0.2, 0) is 14.8 Å². The van der Waals surface area contributed by atoms with E-state index in [-0.39, 0.29) is 17.9 Å². The highest BCUT2D eigenvalue weighted by Crippen LogP contribution is 2.27. The molecule has 1 saturated heterocycles. The van der Waals surface area contributed by atoms with Gasteiger partial charge in [-0.3, -0.25) is 4.79 Å². The molecule has 0 spiro atoms. The van der Waals surface area contributed by atoms with Crippen LogP contribution in [0.5, 0.6) is 0 Å². The minimum absolute atomic E-state index is 0.102. The maximum Gasteiger partial charge on any atom is 0.225 e. The number of carbonyl (C=O) groups excluding carboxylic acids is 1. The smallest absolute Gasteiger partial charge is 0.225 e. The minimum atomic E-state index is -3.16. The Hall–Kier alpha value is -0.620. The van der Waals surface area contributed by atoms with Gasteiger partial charge in [-0.25, -0.2) is 13.1 Å². The molecule has 0 radical (unpaired) electrons. The van der Waals surface area contributed by atoms with Gasteiger partial charge in [0.15, 0.2) is 0 Å². The molecule has 0 aromatic carbocycles. The lowest BCUT2D eigenvalue weighted by Crippen LogP contribution is -2.39. The monoisotopic (exact) mass is 260 g/mol. The summed E-state index contributed by atoms with van der Waals surface area (Å²) in [6.45, 7) is 1.21. The topological polar surface area (TPSA) is 66.5 Å². The van der Waals surface area contributed by atoms with Gasteiger partial charge in [0, 0.05) is 25.0 Å². The van der Waals surface area contributed by atoms with E-state index in [4.69, 9.17) is 0 Å². The molecule has 1 heterocycles. The lowest BCUT2D eigenvalue weighted by atomic mass is 10.1. The molecule has 98 valence electrons. The van der Waals surface area contributed by atoms with Gasteiger partial charge >= 0.3 is 0 Å². The zero-order chi connectivity index (χ0) is 12.5. The van der Waals surface area contributed by atoms with E-state index in [1.54, 1.807) is 0 Å². The second-order valence-electron chi connectivity index (χ2n) is 5.14. The van der Waals surface area contributed by atoms with Crippen molar-refractivity contribution in [1.82, 2.24) is 9.62 Å². The third-order valence-corrected chi connectivity index (χ3v) is 4.35. The van der Waals surface area contributed by atoms with E-state index in [1.165, 1.54) is 0 Å². The van der Waals surface area contributed by atoms with E-state index in [0.29, 0.717) is 13.1 Å². The molecular weight excluding hydrogens is 240 g/mol. The molecule has 1 amide bonds. The molecule has 0 unspecified atom stereocenters. The highest BCUT2D eigenvalue weighted by Gasteiger charge is 2.32. The fraction of sp³-hybridized carbons (Fsp3) is 0.909. The SMILES string of the molecule is CS(=O)(=O)N[C@H]1CCN(C(=O)C2CCCC2)C1. The minimum Gasteiger partial charge on any atom is -0.341 e. The molecule has 2 rings (SSSR count). The molecule has 17 heavy (non-hydrogen) atoms. The van der Waals surface area contributed by atoms with Crippen LogP contribution in [0, 0.1) is 5.92 Å². The molecule has 1 aliphatic heterocycles. The van der Waals surface area contributed by atoms with Gasteiger partial charge < -0.3 is 4.90 Å². The molecule has 0 aromatic rings. The van der Waals surface area contributed by atoms with Crippen LogP contribution >= 0.6 is 0 Å². The largest absolute Gasteiger partial charge is 0.341 e. The van der Waals surface area contributed by atoms with Crippen LogP contribution in [-0.4, -0.2) is 44.6 Å². The summed E-state index contributed by atoms with van der Waals surface area (Å²) in [4.78, 5) is 13.9. The molecule has 0 bridgehead atoms. The Labute approximate surface area is 103 Å². The maximum atomic E-state index is 12.1. The van der Waals surface area contributed by atoms with Gasteiger partial charge in [-0.15, -0.1) is 0 Å². The van der Waals surface area contributed by atoms with Crippen LogP contribution in [0.2, 0.25) is 0 Å². The first-order chi connectivity index (χ1) is 7.96. The van der Waals surface area contributed by atoms with Gasteiger partial charge in [0.25, 0.3) is 0 Å². The average molecular weight is 260 g/mol. The van der Waals surface area contributed by atoms with E-state index in [2.05, 4.69) is 4.72 Å². The first-order valence-electron chi connectivity index (χ1n) is 6.22. The van der Waals surface area contributed by atoms with E-state index in [1.807, 2.05) is 4.90 Å². The van der Waals surface area contributed by atoms with E-state index in [9.17, 15) is 13.2 Å². The van der Waals surface area contributed by atoms with Gasteiger partial charge in [-0.05, 0) is 19.3 Å². The molecule has 6 heteroatoms. The maximum absolute atomic E-state index is 12.1. The standard InChI is InChI=1S/C11H20N2O3S/c1-17(15,16)12-10-6-7-13(8-10)11(14)9-4-2-3-5-9/h9-10,12H,2-8H2,1H3/t10-/m0/s1. The molecule has 2 aliphatic rings. The Balaban J connectivity index is 1.87. The fourth-order valence-corrected chi connectivity index (χ4v) is 3.59. The zero-order valence-corrected chi connectivity index (χ0v) is 11.0. The van der Waals surface area contributed by atoms with Gasteiger partial charge in [0.2, 0.25) is 15.9 Å². The molecule has 1 atom stereocenters. The normalized spacial score (nSPS) is 26.6. The zero-order valence-electron chi connectivity index (χ0n) is 10.2. The molecule has 1 saturated carbocycles. The Kier molecular flexibility index (Phi) is 3.73. The molecule has 0 aromatic heterocycles. The van der Waals surface area contributed by atoms with Crippen LogP contribution in [0.1, 0.15) is 32.1 Å². The summed E-state index contributed by atoms with van der Waals surface area (Å²) in [5, 5.41) is 0. The van der Waals surface area contributed by atoms with Crippen molar-refractivity contribution in [2.45, 2.75) is 38.1 Å². The van der Waals surface area contributed by atoms with Crippen molar-refractivity contribution in [2.75, 3.05) is 19.3 Å². The lowest BCUT2D eigenvalue weighted by Gasteiger charge is -2.20. The molecule has 1 N–H and O–H groups in total. The van der Waals surface area contributed by atoms with Crippen LogP contribution in [0.4, 0.5) is 0 Å². The highest BCUT2D eigenvalue weighted by atomic mass is 32.2. The van der Waals surface area contributed by atoms with Gasteiger partial charge in [-0.1, -0.05) is 12.8 Å². The van der Waals surface area contributed by atoms with Crippen molar-refractivity contribution in [3.05, 3.63) is 0 Å². The summed E-state index contributed by atoms with van der Waals surface area (Å²) in [6.07, 6.45) is 6.18. The summed E-state index contributed by atoms with van der Waals surface area (Å²) in [5.74, 6) is 0.410. The molecular formula is C11H20N2O3S. The number of sulfonamides is 1. The number of carbonyl (C=O) groups is 1. The van der Waals surface area contributed by atoms with E-state index in [0.717, 1.165) is 38.4 Å². The number of nitrogens with one attached hydrogen (secondary N) is 1. The summed E-state index contributed by atoms with van der Waals surface area (Å²) >= 11 is 0. The van der Waals surface area contributed by atoms with Crippen LogP contribution in [0.3, 0.4) is 0 Å². The summed E-state index contributed by atoms with van der Waals surface area (Å²) < 4.78 is 24.8. The van der Waals surface area contributed by atoms with Crippen LogP contribution in [0.15, 0.2) is 0 Å². The number of hydrogen-bond donors (Lipinski definition) is 1. The third kappa shape index (κ3) is 3.42. The number of hydrogen-bond acceptors (Lipinski definition) is 3. The Bertz CT molecular complexity index is 388. The predicted octanol–water partition coefficient (Wildman–Crippen LogP) is 0.327. The van der Waals surface area contributed by atoms with Crippen molar-refractivity contribution in [3.8, 4) is 0 Å². The van der Waals surface area contributed by atoms with Crippen molar-refractivity contribution in [3.63, 3.8) is 0 Å². The van der Waals surface area contributed by atoms with E-state index >= 15 is 0 Å². The predicted molar refractivity (Wildman–Crippen MR) is 64.9 cm³/mol. The molecule has 1 aliphatic carbocycles.